The highest BCUT2D eigenvalue weighted by atomic mass is 35.5. The normalized spacial score (nSPS) is 12.3. The molecule has 80 valence electrons. The van der Waals surface area contributed by atoms with Crippen molar-refractivity contribution in [3.63, 3.8) is 0 Å². The van der Waals surface area contributed by atoms with Crippen molar-refractivity contribution in [3.8, 4) is 0 Å². The summed E-state index contributed by atoms with van der Waals surface area (Å²) in [6.45, 7) is 0. The van der Waals surface area contributed by atoms with Gasteiger partial charge in [0.2, 0.25) is 5.82 Å². The van der Waals surface area contributed by atoms with E-state index >= 15 is 0 Å². The SMILES string of the molecule is Cn1c(C(F)(F)F)nc2ccnc(Cl)c21. The van der Waals surface area contributed by atoms with E-state index in [2.05, 4.69) is 9.97 Å². The number of nitrogens with zero attached hydrogens (tertiary/aromatic N) is 3. The average molecular weight is 236 g/mol. The summed E-state index contributed by atoms with van der Waals surface area (Å²) in [4.78, 5) is 7.16. The highest BCUT2D eigenvalue weighted by Crippen LogP contribution is 2.32. The number of halogens is 4. The molecule has 0 bridgehead atoms. The third-order valence-corrected chi connectivity index (χ3v) is 2.27. The molecule has 0 aromatic carbocycles. The third kappa shape index (κ3) is 1.54. The molecule has 0 saturated carbocycles. The predicted molar refractivity (Wildman–Crippen MR) is 48.5 cm³/mol. The maximum Gasteiger partial charge on any atom is 0.449 e. The second kappa shape index (κ2) is 3.10. The Morgan fingerprint density at radius 2 is 2.07 bits per heavy atom. The number of rotatable bonds is 0. The van der Waals surface area contributed by atoms with Crippen LogP contribution in [0, 0.1) is 0 Å². The van der Waals surface area contributed by atoms with Crippen LogP contribution in [0.25, 0.3) is 11.0 Å². The van der Waals surface area contributed by atoms with Gasteiger partial charge in [0.25, 0.3) is 0 Å². The minimum Gasteiger partial charge on any atom is -0.321 e. The van der Waals surface area contributed by atoms with Crippen molar-refractivity contribution in [2.75, 3.05) is 0 Å². The topological polar surface area (TPSA) is 30.7 Å². The molecule has 0 aliphatic rings. The number of fused-ring (bicyclic) bond motifs is 1. The molecule has 0 atom stereocenters. The lowest BCUT2D eigenvalue weighted by atomic mass is 10.4. The summed E-state index contributed by atoms with van der Waals surface area (Å²) in [6, 6.07) is 1.39. The van der Waals surface area contributed by atoms with Crippen molar-refractivity contribution in [3.05, 3.63) is 23.2 Å². The Morgan fingerprint density at radius 1 is 1.40 bits per heavy atom. The number of hydrogen-bond donors (Lipinski definition) is 0. The van der Waals surface area contributed by atoms with Gasteiger partial charge in [0.05, 0.1) is 5.52 Å². The second-order valence-corrected chi connectivity index (χ2v) is 3.32. The van der Waals surface area contributed by atoms with Crippen LogP contribution < -0.4 is 0 Å². The van der Waals surface area contributed by atoms with E-state index in [4.69, 9.17) is 11.6 Å². The van der Waals surface area contributed by atoms with E-state index in [9.17, 15) is 13.2 Å². The van der Waals surface area contributed by atoms with Gasteiger partial charge in [-0.1, -0.05) is 11.6 Å². The number of imidazole rings is 1. The molecule has 0 saturated heterocycles. The summed E-state index contributed by atoms with van der Waals surface area (Å²) in [7, 11) is 1.26. The lowest BCUT2D eigenvalue weighted by Gasteiger charge is -2.05. The maximum absolute atomic E-state index is 12.5. The molecular formula is C8H5ClF3N3. The first-order valence-corrected chi connectivity index (χ1v) is 4.33. The summed E-state index contributed by atoms with van der Waals surface area (Å²) >= 11 is 5.69. The van der Waals surface area contributed by atoms with Crippen molar-refractivity contribution in [2.24, 2.45) is 7.05 Å². The fourth-order valence-electron chi connectivity index (χ4n) is 1.37. The van der Waals surface area contributed by atoms with Crippen LogP contribution in [0.4, 0.5) is 13.2 Å². The van der Waals surface area contributed by atoms with E-state index in [1.165, 1.54) is 19.3 Å². The second-order valence-electron chi connectivity index (χ2n) is 2.96. The molecule has 15 heavy (non-hydrogen) atoms. The van der Waals surface area contributed by atoms with Crippen molar-refractivity contribution >= 4 is 22.6 Å². The van der Waals surface area contributed by atoms with Crippen molar-refractivity contribution in [1.29, 1.82) is 0 Å². The van der Waals surface area contributed by atoms with Crippen LogP contribution in [0.5, 0.6) is 0 Å². The van der Waals surface area contributed by atoms with Crippen LogP contribution in [0.1, 0.15) is 5.82 Å². The minimum atomic E-state index is -4.49. The predicted octanol–water partition coefficient (Wildman–Crippen LogP) is 2.64. The number of pyridine rings is 1. The van der Waals surface area contributed by atoms with Gasteiger partial charge in [-0.05, 0) is 6.07 Å². The van der Waals surface area contributed by atoms with E-state index in [0.717, 1.165) is 4.57 Å². The van der Waals surface area contributed by atoms with Crippen LogP contribution in [0.2, 0.25) is 5.15 Å². The smallest absolute Gasteiger partial charge is 0.321 e. The summed E-state index contributed by atoms with van der Waals surface area (Å²) in [5, 5.41) is 0.0120. The highest BCUT2D eigenvalue weighted by molar-refractivity contribution is 6.33. The molecule has 0 radical (unpaired) electrons. The Kier molecular flexibility index (Phi) is 2.11. The van der Waals surface area contributed by atoms with Gasteiger partial charge >= 0.3 is 6.18 Å². The molecule has 0 amide bonds. The van der Waals surface area contributed by atoms with E-state index in [0.29, 0.717) is 0 Å². The molecule has 2 aromatic heterocycles. The zero-order valence-electron chi connectivity index (χ0n) is 7.51. The monoisotopic (exact) mass is 235 g/mol. The Labute approximate surface area is 87.5 Å². The highest BCUT2D eigenvalue weighted by Gasteiger charge is 2.37. The quantitative estimate of drug-likeness (QED) is 0.657. The summed E-state index contributed by atoms with van der Waals surface area (Å²) < 4.78 is 38.3. The molecule has 2 aromatic rings. The molecule has 0 aliphatic carbocycles. The van der Waals surface area contributed by atoms with Crippen LogP contribution >= 0.6 is 11.6 Å². The number of aromatic nitrogens is 3. The molecule has 7 heteroatoms. The van der Waals surface area contributed by atoms with Gasteiger partial charge in [-0.15, -0.1) is 0 Å². The van der Waals surface area contributed by atoms with Gasteiger partial charge in [0.15, 0.2) is 5.15 Å². The fraction of sp³-hybridized carbons (Fsp3) is 0.250. The number of aryl methyl sites for hydroxylation is 1. The molecule has 2 rings (SSSR count). The van der Waals surface area contributed by atoms with Gasteiger partial charge in [0.1, 0.15) is 5.52 Å². The van der Waals surface area contributed by atoms with Gasteiger partial charge in [-0.25, -0.2) is 9.97 Å². The van der Waals surface area contributed by atoms with Crippen LogP contribution in [0.3, 0.4) is 0 Å². The summed E-state index contributed by atoms with van der Waals surface area (Å²) in [6.07, 6.45) is -3.17. The zero-order valence-corrected chi connectivity index (χ0v) is 8.26. The fourth-order valence-corrected chi connectivity index (χ4v) is 1.65. The van der Waals surface area contributed by atoms with E-state index < -0.39 is 12.0 Å². The van der Waals surface area contributed by atoms with Crippen LogP contribution in [-0.2, 0) is 13.2 Å². The Morgan fingerprint density at radius 3 is 2.60 bits per heavy atom. The molecule has 0 unspecified atom stereocenters. The Bertz CT molecular complexity index is 518. The van der Waals surface area contributed by atoms with Gasteiger partial charge in [0, 0.05) is 13.2 Å². The standard InChI is InChI=1S/C8H5ClF3N3/c1-15-5-4(2-3-13-6(5)9)14-7(15)8(10,11)12/h2-3H,1H3. The maximum atomic E-state index is 12.5. The van der Waals surface area contributed by atoms with Gasteiger partial charge in [-0.3, -0.25) is 0 Å². The molecule has 3 nitrogen and oxygen atoms in total. The van der Waals surface area contributed by atoms with Gasteiger partial charge < -0.3 is 4.57 Å². The van der Waals surface area contributed by atoms with Gasteiger partial charge in [-0.2, -0.15) is 13.2 Å². The third-order valence-electron chi connectivity index (χ3n) is 1.99. The minimum absolute atomic E-state index is 0.0120. The van der Waals surface area contributed by atoms with Crippen LogP contribution in [0.15, 0.2) is 12.3 Å². The lowest BCUT2D eigenvalue weighted by molar-refractivity contribution is -0.146. The molecule has 0 aliphatic heterocycles. The lowest BCUT2D eigenvalue weighted by Crippen LogP contribution is -2.12. The molecule has 0 N–H and O–H groups in total. The largest absolute Gasteiger partial charge is 0.449 e. The van der Waals surface area contributed by atoms with Crippen molar-refractivity contribution in [2.45, 2.75) is 6.18 Å². The van der Waals surface area contributed by atoms with Crippen molar-refractivity contribution in [1.82, 2.24) is 14.5 Å². The first-order chi connectivity index (χ1) is 6.91. The van der Waals surface area contributed by atoms with Crippen molar-refractivity contribution < 1.29 is 13.2 Å². The van der Waals surface area contributed by atoms with Crippen LogP contribution in [-0.4, -0.2) is 14.5 Å². The molecule has 0 spiro atoms. The number of alkyl halides is 3. The van der Waals surface area contributed by atoms with E-state index in [1.54, 1.807) is 0 Å². The average Bonchev–Trinajstić information content (AvgIpc) is 2.44. The number of hydrogen-bond acceptors (Lipinski definition) is 2. The first kappa shape index (κ1) is 10.2. The summed E-state index contributed by atoms with van der Waals surface area (Å²) in [5.41, 5.74) is 0.372. The molecule has 2 heterocycles. The van der Waals surface area contributed by atoms with E-state index in [1.807, 2.05) is 0 Å². The molecular weight excluding hydrogens is 231 g/mol. The Hall–Kier alpha value is -1.30. The molecule has 0 fully saturated rings. The van der Waals surface area contributed by atoms with E-state index in [-0.39, 0.29) is 16.2 Å². The summed E-state index contributed by atoms with van der Waals surface area (Å²) in [5.74, 6) is -0.979. The Balaban J connectivity index is 2.82. The first-order valence-electron chi connectivity index (χ1n) is 3.95. The zero-order chi connectivity index (χ0) is 11.2.